The van der Waals surface area contributed by atoms with Crippen molar-refractivity contribution in [2.75, 3.05) is 0 Å². The van der Waals surface area contributed by atoms with Gasteiger partial charge in [0.2, 0.25) is 0 Å². The highest BCUT2D eigenvalue weighted by molar-refractivity contribution is 7.87. The zero-order valence-corrected chi connectivity index (χ0v) is 12.2. The zero-order chi connectivity index (χ0) is 13.7. The first-order valence-electron chi connectivity index (χ1n) is 5.87. The van der Waals surface area contributed by atoms with E-state index in [9.17, 15) is 8.42 Å². The first-order chi connectivity index (χ1) is 9.05. The van der Waals surface area contributed by atoms with E-state index in [1.54, 1.807) is 0 Å². The van der Waals surface area contributed by atoms with Gasteiger partial charge in [-0.3, -0.25) is 0 Å². The van der Waals surface area contributed by atoms with E-state index in [-0.39, 0.29) is 0 Å². The Kier molecular flexibility index (Phi) is 4.71. The molecule has 1 aromatic heterocycles. The molecule has 1 aromatic carbocycles. The highest BCUT2D eigenvalue weighted by atomic mass is 32.2. The van der Waals surface area contributed by atoms with Crippen LogP contribution < -0.4 is 9.44 Å². The van der Waals surface area contributed by atoms with Gasteiger partial charge in [0.15, 0.2) is 0 Å². The normalized spacial score (nSPS) is 11.6. The molecule has 0 saturated carbocycles. The number of rotatable bonds is 6. The number of thiophene rings is 1. The lowest BCUT2D eigenvalue weighted by Gasteiger charge is -2.07. The SMILES string of the molecule is Cc1ccc(CNS(=O)(=O)NCc2cccs2)cc1. The fraction of sp³-hybridized carbons (Fsp3) is 0.231. The maximum Gasteiger partial charge on any atom is 0.277 e. The van der Waals surface area contributed by atoms with Crippen LogP contribution in [-0.4, -0.2) is 8.42 Å². The van der Waals surface area contributed by atoms with Gasteiger partial charge in [-0.05, 0) is 23.9 Å². The second-order valence-electron chi connectivity index (χ2n) is 4.21. The Bertz CT molecular complexity index is 605. The zero-order valence-electron chi connectivity index (χ0n) is 10.6. The van der Waals surface area contributed by atoms with Crippen LogP contribution in [0.25, 0.3) is 0 Å². The molecule has 1 heterocycles. The van der Waals surface area contributed by atoms with Crippen molar-refractivity contribution >= 4 is 21.5 Å². The van der Waals surface area contributed by atoms with Crippen molar-refractivity contribution in [3.63, 3.8) is 0 Å². The molecule has 19 heavy (non-hydrogen) atoms. The van der Waals surface area contributed by atoms with Crippen LogP contribution in [0.15, 0.2) is 41.8 Å². The van der Waals surface area contributed by atoms with Gasteiger partial charge in [-0.15, -0.1) is 11.3 Å². The summed E-state index contributed by atoms with van der Waals surface area (Å²) in [6.45, 7) is 2.61. The molecular weight excluding hydrogens is 280 g/mol. The van der Waals surface area contributed by atoms with Gasteiger partial charge in [0.1, 0.15) is 0 Å². The lowest BCUT2D eigenvalue weighted by Crippen LogP contribution is -2.35. The van der Waals surface area contributed by atoms with Crippen molar-refractivity contribution in [3.8, 4) is 0 Å². The summed E-state index contributed by atoms with van der Waals surface area (Å²) >= 11 is 1.52. The maximum absolute atomic E-state index is 11.7. The summed E-state index contributed by atoms with van der Waals surface area (Å²) in [6, 6.07) is 11.5. The van der Waals surface area contributed by atoms with Crippen molar-refractivity contribution in [3.05, 3.63) is 57.8 Å². The topological polar surface area (TPSA) is 58.2 Å². The number of hydrogen-bond acceptors (Lipinski definition) is 3. The highest BCUT2D eigenvalue weighted by Gasteiger charge is 2.09. The molecule has 2 N–H and O–H groups in total. The average Bonchev–Trinajstić information content (AvgIpc) is 2.89. The molecule has 6 heteroatoms. The van der Waals surface area contributed by atoms with Crippen LogP contribution in [0.5, 0.6) is 0 Å². The van der Waals surface area contributed by atoms with E-state index in [0.29, 0.717) is 13.1 Å². The second-order valence-corrected chi connectivity index (χ2v) is 6.83. The van der Waals surface area contributed by atoms with Gasteiger partial charge in [-0.2, -0.15) is 17.9 Å². The number of hydrogen-bond donors (Lipinski definition) is 2. The molecule has 2 aromatic rings. The first kappa shape index (κ1) is 14.2. The quantitative estimate of drug-likeness (QED) is 0.858. The Hall–Kier alpha value is -1.21. The summed E-state index contributed by atoms with van der Waals surface area (Å²) < 4.78 is 28.5. The van der Waals surface area contributed by atoms with Crippen molar-refractivity contribution in [1.29, 1.82) is 0 Å². The van der Waals surface area contributed by atoms with E-state index in [4.69, 9.17) is 0 Å². The van der Waals surface area contributed by atoms with E-state index < -0.39 is 10.2 Å². The van der Waals surface area contributed by atoms with Crippen molar-refractivity contribution in [2.45, 2.75) is 20.0 Å². The third-order valence-electron chi connectivity index (χ3n) is 2.60. The standard InChI is InChI=1S/C13H16N2O2S2/c1-11-4-6-12(7-5-11)9-14-19(16,17)15-10-13-3-2-8-18-13/h2-8,14-15H,9-10H2,1H3. The van der Waals surface area contributed by atoms with Gasteiger partial charge in [-0.1, -0.05) is 35.9 Å². The number of aryl methyl sites for hydroxylation is 1. The predicted octanol–water partition coefficient (Wildman–Crippen LogP) is 2.18. The molecule has 0 bridgehead atoms. The molecule has 0 amide bonds. The molecule has 0 fully saturated rings. The Balaban J connectivity index is 1.85. The Morgan fingerprint density at radius 2 is 1.74 bits per heavy atom. The first-order valence-corrected chi connectivity index (χ1v) is 8.24. The number of nitrogens with one attached hydrogen (secondary N) is 2. The molecular formula is C13H16N2O2S2. The Morgan fingerprint density at radius 1 is 1.05 bits per heavy atom. The third kappa shape index (κ3) is 4.76. The average molecular weight is 296 g/mol. The minimum atomic E-state index is -3.46. The molecule has 0 unspecified atom stereocenters. The maximum atomic E-state index is 11.7. The molecule has 2 rings (SSSR count). The minimum absolute atomic E-state index is 0.292. The molecule has 4 nitrogen and oxygen atoms in total. The van der Waals surface area contributed by atoms with Crippen LogP contribution in [0.2, 0.25) is 0 Å². The minimum Gasteiger partial charge on any atom is -0.198 e. The summed E-state index contributed by atoms with van der Waals surface area (Å²) in [6.07, 6.45) is 0. The van der Waals surface area contributed by atoms with Crippen LogP contribution in [0.1, 0.15) is 16.0 Å². The van der Waals surface area contributed by atoms with E-state index in [2.05, 4.69) is 9.44 Å². The summed E-state index contributed by atoms with van der Waals surface area (Å²) in [7, 11) is -3.46. The van der Waals surface area contributed by atoms with Gasteiger partial charge < -0.3 is 0 Å². The van der Waals surface area contributed by atoms with Crippen LogP contribution >= 0.6 is 11.3 Å². The molecule has 102 valence electrons. The van der Waals surface area contributed by atoms with Gasteiger partial charge in [0.05, 0.1) is 0 Å². The third-order valence-corrected chi connectivity index (χ3v) is 4.53. The van der Waals surface area contributed by atoms with Crippen LogP contribution in [0.3, 0.4) is 0 Å². The molecule has 0 spiro atoms. The number of benzene rings is 1. The van der Waals surface area contributed by atoms with Gasteiger partial charge in [0, 0.05) is 18.0 Å². The lowest BCUT2D eigenvalue weighted by molar-refractivity contribution is 0.566. The van der Waals surface area contributed by atoms with Gasteiger partial charge in [0.25, 0.3) is 10.2 Å². The monoisotopic (exact) mass is 296 g/mol. The van der Waals surface area contributed by atoms with Crippen LogP contribution in [0.4, 0.5) is 0 Å². The van der Waals surface area contributed by atoms with Crippen molar-refractivity contribution in [2.24, 2.45) is 0 Å². The van der Waals surface area contributed by atoms with Crippen LogP contribution in [-0.2, 0) is 23.3 Å². The van der Waals surface area contributed by atoms with E-state index in [1.165, 1.54) is 11.3 Å². The molecule has 0 aliphatic carbocycles. The van der Waals surface area contributed by atoms with Gasteiger partial charge >= 0.3 is 0 Å². The van der Waals surface area contributed by atoms with E-state index >= 15 is 0 Å². The Labute approximate surface area is 117 Å². The largest absolute Gasteiger partial charge is 0.277 e. The summed E-state index contributed by atoms with van der Waals surface area (Å²) in [4.78, 5) is 0.987. The molecule has 0 saturated heterocycles. The second kappa shape index (κ2) is 6.29. The fourth-order valence-electron chi connectivity index (χ4n) is 1.51. The van der Waals surface area contributed by atoms with Gasteiger partial charge in [-0.25, -0.2) is 0 Å². The molecule has 0 radical (unpaired) electrons. The summed E-state index contributed by atoms with van der Waals surface area (Å²) in [5.74, 6) is 0. The van der Waals surface area contributed by atoms with Crippen LogP contribution in [0, 0.1) is 6.92 Å². The van der Waals surface area contributed by atoms with E-state index in [0.717, 1.165) is 16.0 Å². The molecule has 0 aliphatic rings. The lowest BCUT2D eigenvalue weighted by atomic mass is 10.2. The van der Waals surface area contributed by atoms with Crippen molar-refractivity contribution in [1.82, 2.24) is 9.44 Å². The summed E-state index contributed by atoms with van der Waals surface area (Å²) in [5, 5.41) is 1.92. The molecule has 0 atom stereocenters. The smallest absolute Gasteiger partial charge is 0.198 e. The highest BCUT2D eigenvalue weighted by Crippen LogP contribution is 2.08. The predicted molar refractivity (Wildman–Crippen MR) is 78.1 cm³/mol. The fourth-order valence-corrected chi connectivity index (χ4v) is 3.05. The van der Waals surface area contributed by atoms with E-state index in [1.807, 2.05) is 48.7 Å². The summed E-state index contributed by atoms with van der Waals surface area (Å²) in [5.41, 5.74) is 2.09. The molecule has 0 aliphatic heterocycles. The van der Waals surface area contributed by atoms with Crippen molar-refractivity contribution < 1.29 is 8.42 Å². The Morgan fingerprint density at radius 3 is 2.37 bits per heavy atom.